The average Bonchev–Trinajstić information content (AvgIpc) is 2.97. The maximum absolute atomic E-state index is 12.6. The Bertz CT molecular complexity index is 1020. The van der Waals surface area contributed by atoms with Gasteiger partial charge in [-0.2, -0.15) is 0 Å². The highest BCUT2D eigenvalue weighted by atomic mass is 79.9. The number of halogens is 1. The molecule has 1 aliphatic rings. The van der Waals surface area contributed by atoms with Gasteiger partial charge in [0.15, 0.2) is 0 Å². The number of hydrogen-bond acceptors (Lipinski definition) is 5. The molecule has 2 aromatic heterocycles. The second-order valence-corrected chi connectivity index (χ2v) is 7.70. The summed E-state index contributed by atoms with van der Waals surface area (Å²) in [6.07, 6.45) is 4.20. The molecule has 1 atom stereocenters. The Hall–Kier alpha value is -2.51. The summed E-state index contributed by atoms with van der Waals surface area (Å²) in [4.78, 5) is 23.6. The molecule has 0 aliphatic carbocycles. The predicted octanol–water partition coefficient (Wildman–Crippen LogP) is 3.57. The second-order valence-electron chi connectivity index (χ2n) is 6.79. The van der Waals surface area contributed by atoms with Gasteiger partial charge in [0.25, 0.3) is 5.56 Å². The maximum Gasteiger partial charge on any atom is 0.255 e. The third kappa shape index (κ3) is 4.00. The molecule has 1 fully saturated rings. The van der Waals surface area contributed by atoms with Gasteiger partial charge in [-0.25, -0.2) is 4.98 Å². The smallest absolute Gasteiger partial charge is 0.255 e. The predicted molar refractivity (Wildman–Crippen MR) is 112 cm³/mol. The zero-order chi connectivity index (χ0) is 19.5. The van der Waals surface area contributed by atoms with Gasteiger partial charge in [0.1, 0.15) is 6.10 Å². The normalized spacial score (nSPS) is 17.4. The molecule has 0 spiro atoms. The third-order valence-electron chi connectivity index (χ3n) is 4.87. The van der Waals surface area contributed by atoms with Crippen molar-refractivity contribution in [3.05, 3.63) is 75.2 Å². The van der Waals surface area contributed by atoms with Crippen LogP contribution in [0, 0.1) is 0 Å². The van der Waals surface area contributed by atoms with E-state index in [2.05, 4.69) is 37.9 Å². The van der Waals surface area contributed by atoms with Gasteiger partial charge >= 0.3 is 0 Å². The van der Waals surface area contributed by atoms with Gasteiger partial charge in [0.05, 0.1) is 12.2 Å². The Labute approximate surface area is 172 Å². The lowest BCUT2D eigenvalue weighted by Crippen LogP contribution is -2.34. The SMILES string of the molecule is Cn1c(N2CCCO[C@@H](c3cccc(Br)c3)C2)nc(-c2ccncc2)cc1=O. The first kappa shape index (κ1) is 18.8. The lowest BCUT2D eigenvalue weighted by Gasteiger charge is -2.27. The van der Waals surface area contributed by atoms with Crippen LogP contribution in [0.15, 0.2) is 64.1 Å². The average molecular weight is 441 g/mol. The Balaban J connectivity index is 1.70. The summed E-state index contributed by atoms with van der Waals surface area (Å²) < 4.78 is 8.72. The van der Waals surface area contributed by atoms with Crippen LogP contribution in [0.25, 0.3) is 11.3 Å². The number of pyridine rings is 1. The molecule has 1 aromatic carbocycles. The number of benzene rings is 1. The summed E-state index contributed by atoms with van der Waals surface area (Å²) in [6, 6.07) is 13.5. The van der Waals surface area contributed by atoms with Crippen molar-refractivity contribution < 1.29 is 4.74 Å². The molecule has 7 heteroatoms. The highest BCUT2D eigenvalue weighted by molar-refractivity contribution is 9.10. The van der Waals surface area contributed by atoms with Crippen LogP contribution in [-0.4, -0.2) is 34.2 Å². The summed E-state index contributed by atoms with van der Waals surface area (Å²) in [5, 5.41) is 0. The fourth-order valence-electron chi connectivity index (χ4n) is 3.40. The molecule has 3 aromatic rings. The molecule has 6 nitrogen and oxygen atoms in total. The number of hydrogen-bond donors (Lipinski definition) is 0. The fourth-order valence-corrected chi connectivity index (χ4v) is 3.81. The number of anilines is 1. The van der Waals surface area contributed by atoms with E-state index < -0.39 is 0 Å². The van der Waals surface area contributed by atoms with Crippen molar-refractivity contribution in [1.29, 1.82) is 0 Å². The topological polar surface area (TPSA) is 60.2 Å². The number of aromatic nitrogens is 3. The van der Waals surface area contributed by atoms with Crippen LogP contribution >= 0.6 is 15.9 Å². The number of nitrogens with zero attached hydrogens (tertiary/aromatic N) is 4. The van der Waals surface area contributed by atoms with E-state index in [1.165, 1.54) is 0 Å². The largest absolute Gasteiger partial charge is 0.372 e. The van der Waals surface area contributed by atoms with Gasteiger partial charge < -0.3 is 9.64 Å². The molecule has 0 saturated carbocycles. The van der Waals surface area contributed by atoms with Gasteiger partial charge in [-0.05, 0) is 36.2 Å². The molecule has 144 valence electrons. The number of rotatable bonds is 3. The molecule has 3 heterocycles. The Morgan fingerprint density at radius 3 is 2.79 bits per heavy atom. The van der Waals surface area contributed by atoms with E-state index >= 15 is 0 Å². The molecular formula is C21H21BrN4O2. The maximum atomic E-state index is 12.6. The van der Waals surface area contributed by atoms with Crippen LogP contribution < -0.4 is 10.5 Å². The van der Waals surface area contributed by atoms with E-state index in [1.54, 1.807) is 30.1 Å². The first-order valence-electron chi connectivity index (χ1n) is 9.22. The molecule has 1 aliphatic heterocycles. The molecule has 1 saturated heterocycles. The van der Waals surface area contributed by atoms with Crippen LogP contribution in [0.1, 0.15) is 18.1 Å². The number of ether oxygens (including phenoxy) is 1. The molecule has 4 rings (SSSR count). The van der Waals surface area contributed by atoms with Crippen LogP contribution in [0.2, 0.25) is 0 Å². The first-order chi connectivity index (χ1) is 13.6. The summed E-state index contributed by atoms with van der Waals surface area (Å²) in [5.41, 5.74) is 2.56. The molecule has 0 radical (unpaired) electrons. The van der Waals surface area contributed by atoms with Gasteiger partial charge in [0, 0.05) is 48.7 Å². The standard InChI is InChI=1S/C21H21BrN4O2/c1-25-20(27)13-18(15-6-8-23-9-7-15)24-21(25)26-10-3-11-28-19(14-26)16-4-2-5-17(22)12-16/h2,4-9,12-13,19H,3,10-11,14H2,1H3/t19-/m1/s1. The lowest BCUT2D eigenvalue weighted by molar-refractivity contribution is 0.0685. The molecule has 0 unspecified atom stereocenters. The van der Waals surface area contributed by atoms with E-state index in [4.69, 9.17) is 9.72 Å². The van der Waals surface area contributed by atoms with Crippen LogP contribution in [0.4, 0.5) is 5.95 Å². The van der Waals surface area contributed by atoms with Crippen molar-refractivity contribution >= 4 is 21.9 Å². The molecule has 28 heavy (non-hydrogen) atoms. The Morgan fingerprint density at radius 2 is 2.00 bits per heavy atom. The molecule has 0 N–H and O–H groups in total. The zero-order valence-electron chi connectivity index (χ0n) is 15.6. The Morgan fingerprint density at radius 1 is 1.18 bits per heavy atom. The minimum absolute atomic E-state index is 0.0820. The van der Waals surface area contributed by atoms with Gasteiger partial charge in [-0.3, -0.25) is 14.3 Å². The zero-order valence-corrected chi connectivity index (χ0v) is 17.2. The minimum atomic E-state index is -0.0824. The van der Waals surface area contributed by atoms with E-state index in [1.807, 2.05) is 24.3 Å². The summed E-state index contributed by atoms with van der Waals surface area (Å²) in [5.74, 6) is 0.657. The Kier molecular flexibility index (Phi) is 5.54. The van der Waals surface area contributed by atoms with Crippen LogP contribution in [0.3, 0.4) is 0 Å². The highest BCUT2D eigenvalue weighted by Gasteiger charge is 2.23. The summed E-state index contributed by atoms with van der Waals surface area (Å²) >= 11 is 3.53. The van der Waals surface area contributed by atoms with Crippen LogP contribution in [0.5, 0.6) is 0 Å². The fraction of sp³-hybridized carbons (Fsp3) is 0.286. The first-order valence-corrected chi connectivity index (χ1v) is 10.0. The quantitative estimate of drug-likeness (QED) is 0.622. The summed E-state index contributed by atoms with van der Waals surface area (Å²) in [7, 11) is 1.76. The van der Waals surface area contributed by atoms with Crippen molar-refractivity contribution in [2.24, 2.45) is 7.05 Å². The third-order valence-corrected chi connectivity index (χ3v) is 5.36. The molecular weight excluding hydrogens is 420 g/mol. The van der Waals surface area contributed by atoms with E-state index in [0.29, 0.717) is 24.8 Å². The monoisotopic (exact) mass is 440 g/mol. The van der Waals surface area contributed by atoms with Crippen molar-refractivity contribution in [2.75, 3.05) is 24.6 Å². The second kappa shape index (κ2) is 8.24. The molecule has 0 amide bonds. The van der Waals surface area contributed by atoms with E-state index in [0.717, 1.165) is 28.6 Å². The van der Waals surface area contributed by atoms with E-state index in [-0.39, 0.29) is 11.7 Å². The van der Waals surface area contributed by atoms with Gasteiger partial charge in [-0.15, -0.1) is 0 Å². The van der Waals surface area contributed by atoms with Gasteiger partial charge in [-0.1, -0.05) is 28.1 Å². The van der Waals surface area contributed by atoms with Crippen molar-refractivity contribution in [1.82, 2.24) is 14.5 Å². The lowest BCUT2D eigenvalue weighted by atomic mass is 10.1. The molecule has 0 bridgehead atoms. The minimum Gasteiger partial charge on any atom is -0.372 e. The van der Waals surface area contributed by atoms with Crippen LogP contribution in [-0.2, 0) is 11.8 Å². The van der Waals surface area contributed by atoms with Crippen molar-refractivity contribution in [2.45, 2.75) is 12.5 Å². The summed E-state index contributed by atoms with van der Waals surface area (Å²) in [6.45, 7) is 2.09. The van der Waals surface area contributed by atoms with Crippen molar-refractivity contribution in [3.63, 3.8) is 0 Å². The highest BCUT2D eigenvalue weighted by Crippen LogP contribution is 2.27. The van der Waals surface area contributed by atoms with Gasteiger partial charge in [0.2, 0.25) is 5.95 Å². The van der Waals surface area contributed by atoms with E-state index in [9.17, 15) is 4.79 Å². The van der Waals surface area contributed by atoms with Crippen molar-refractivity contribution in [3.8, 4) is 11.3 Å².